The van der Waals surface area contributed by atoms with E-state index in [0.717, 1.165) is 19.5 Å². The highest BCUT2D eigenvalue weighted by Gasteiger charge is 2.07. The molecule has 18 heavy (non-hydrogen) atoms. The van der Waals surface area contributed by atoms with Crippen molar-refractivity contribution in [2.45, 2.75) is 26.7 Å². The van der Waals surface area contributed by atoms with Crippen LogP contribution in [0.3, 0.4) is 0 Å². The van der Waals surface area contributed by atoms with Crippen LogP contribution < -0.4 is 0 Å². The molecule has 1 aromatic carbocycles. The first-order valence-electron chi connectivity index (χ1n) is 6.87. The minimum absolute atomic E-state index is 1.08. The van der Waals surface area contributed by atoms with Crippen molar-refractivity contribution in [2.24, 2.45) is 0 Å². The topological polar surface area (TPSA) is 6.48 Å². The summed E-state index contributed by atoms with van der Waals surface area (Å²) >= 11 is 0. The number of nitrogens with zero attached hydrogens (tertiary/aromatic N) is 2. The first-order valence-corrected chi connectivity index (χ1v) is 6.87. The fourth-order valence-corrected chi connectivity index (χ4v) is 2.08. The number of rotatable bonds is 7. The van der Waals surface area contributed by atoms with Crippen molar-refractivity contribution < 1.29 is 0 Å². The lowest BCUT2D eigenvalue weighted by Crippen LogP contribution is -2.21. The van der Waals surface area contributed by atoms with Crippen LogP contribution >= 0.6 is 0 Å². The molecular formula is C16H26N2. The Balaban J connectivity index is 2.95. The summed E-state index contributed by atoms with van der Waals surface area (Å²) in [6.45, 7) is 6.61. The van der Waals surface area contributed by atoms with Gasteiger partial charge in [0.15, 0.2) is 0 Å². The third kappa shape index (κ3) is 4.44. The zero-order valence-electron chi connectivity index (χ0n) is 12.2. The molecule has 0 fully saturated rings. The van der Waals surface area contributed by atoms with Crippen molar-refractivity contribution in [3.63, 3.8) is 0 Å². The summed E-state index contributed by atoms with van der Waals surface area (Å²) in [5.41, 5.74) is 2.59. The van der Waals surface area contributed by atoms with Gasteiger partial charge >= 0.3 is 0 Å². The maximum Gasteiger partial charge on any atom is 0.0598 e. The molecule has 0 radical (unpaired) electrons. The summed E-state index contributed by atoms with van der Waals surface area (Å²) < 4.78 is 0. The zero-order valence-corrected chi connectivity index (χ0v) is 12.2. The second kappa shape index (κ2) is 7.80. The highest BCUT2D eigenvalue weighted by Crippen LogP contribution is 2.18. The normalized spacial score (nSPS) is 11.4. The molecule has 0 aromatic heterocycles. The summed E-state index contributed by atoms with van der Waals surface area (Å²) in [6.07, 6.45) is 4.60. The van der Waals surface area contributed by atoms with E-state index in [1.165, 1.54) is 17.7 Å². The van der Waals surface area contributed by atoms with E-state index in [1.54, 1.807) is 0 Å². The van der Waals surface area contributed by atoms with Crippen LogP contribution in [0.5, 0.6) is 0 Å². The summed E-state index contributed by atoms with van der Waals surface area (Å²) in [5, 5.41) is 0. The Morgan fingerprint density at radius 2 is 1.61 bits per heavy atom. The predicted molar refractivity (Wildman–Crippen MR) is 80.3 cm³/mol. The van der Waals surface area contributed by atoms with Crippen molar-refractivity contribution in [3.05, 3.63) is 42.1 Å². The number of hydrogen-bond acceptors (Lipinski definition) is 2. The fraction of sp³-hybridized carbons (Fsp3) is 0.500. The van der Waals surface area contributed by atoms with Gasteiger partial charge < -0.3 is 9.80 Å². The molecule has 0 N–H and O–H groups in total. The van der Waals surface area contributed by atoms with E-state index < -0.39 is 0 Å². The molecular weight excluding hydrogens is 220 g/mol. The Kier molecular flexibility index (Phi) is 6.34. The molecule has 0 aliphatic heterocycles. The van der Waals surface area contributed by atoms with Gasteiger partial charge in [-0.15, -0.1) is 0 Å². The highest BCUT2D eigenvalue weighted by molar-refractivity contribution is 5.63. The Labute approximate surface area is 112 Å². The molecule has 1 aromatic rings. The van der Waals surface area contributed by atoms with E-state index in [1.807, 2.05) is 0 Å². The van der Waals surface area contributed by atoms with E-state index in [4.69, 9.17) is 0 Å². The Morgan fingerprint density at radius 3 is 2.17 bits per heavy atom. The molecule has 1 rings (SSSR count). The molecule has 0 saturated heterocycles. The molecule has 0 heterocycles. The highest BCUT2D eigenvalue weighted by atomic mass is 15.1. The number of hydrogen-bond donors (Lipinski definition) is 0. The average Bonchev–Trinajstić information content (AvgIpc) is 2.37. The standard InChI is InChI=1S/C16H26N2/c1-5-12-17(3)14-16(18(4)13-6-2)15-10-8-7-9-11-15/h7-11,14H,5-6,12-13H2,1-4H3. The maximum absolute atomic E-state index is 2.33. The second-order valence-electron chi connectivity index (χ2n) is 4.78. The van der Waals surface area contributed by atoms with Gasteiger partial charge in [-0.05, 0) is 18.4 Å². The van der Waals surface area contributed by atoms with Gasteiger partial charge in [0.1, 0.15) is 0 Å². The first kappa shape index (κ1) is 14.6. The summed E-state index contributed by atoms with van der Waals surface area (Å²) in [6, 6.07) is 10.6. The lowest BCUT2D eigenvalue weighted by molar-refractivity contribution is 0.429. The number of benzene rings is 1. The SMILES string of the molecule is CCCN(C)C=C(c1ccccc1)N(C)CCC. The van der Waals surface area contributed by atoms with Gasteiger partial charge in [0.25, 0.3) is 0 Å². The van der Waals surface area contributed by atoms with Crippen LogP contribution in [-0.4, -0.2) is 37.0 Å². The van der Waals surface area contributed by atoms with E-state index in [9.17, 15) is 0 Å². The van der Waals surface area contributed by atoms with Crippen LogP contribution in [-0.2, 0) is 0 Å². The van der Waals surface area contributed by atoms with Crippen LogP contribution in [0, 0.1) is 0 Å². The lowest BCUT2D eigenvalue weighted by Gasteiger charge is -2.25. The van der Waals surface area contributed by atoms with Gasteiger partial charge in [-0.2, -0.15) is 0 Å². The predicted octanol–water partition coefficient (Wildman–Crippen LogP) is 3.67. The fourth-order valence-electron chi connectivity index (χ4n) is 2.08. The van der Waals surface area contributed by atoms with Gasteiger partial charge in [-0.3, -0.25) is 0 Å². The van der Waals surface area contributed by atoms with Gasteiger partial charge in [0.2, 0.25) is 0 Å². The van der Waals surface area contributed by atoms with Gasteiger partial charge in [0.05, 0.1) is 5.70 Å². The Morgan fingerprint density at radius 1 is 1.00 bits per heavy atom. The van der Waals surface area contributed by atoms with E-state index in [2.05, 4.69) is 74.3 Å². The maximum atomic E-state index is 2.33. The van der Waals surface area contributed by atoms with Crippen molar-refractivity contribution in [1.82, 2.24) is 9.80 Å². The smallest absolute Gasteiger partial charge is 0.0598 e. The van der Waals surface area contributed by atoms with E-state index >= 15 is 0 Å². The molecule has 0 atom stereocenters. The molecule has 0 amide bonds. The second-order valence-corrected chi connectivity index (χ2v) is 4.78. The van der Waals surface area contributed by atoms with Crippen molar-refractivity contribution in [1.29, 1.82) is 0 Å². The average molecular weight is 246 g/mol. The van der Waals surface area contributed by atoms with Crippen molar-refractivity contribution in [3.8, 4) is 0 Å². The summed E-state index contributed by atoms with van der Waals surface area (Å²) in [7, 11) is 4.31. The van der Waals surface area contributed by atoms with Crippen molar-refractivity contribution in [2.75, 3.05) is 27.2 Å². The Hall–Kier alpha value is -1.44. The third-order valence-corrected chi connectivity index (χ3v) is 2.96. The van der Waals surface area contributed by atoms with Crippen LogP contribution in [0.1, 0.15) is 32.3 Å². The van der Waals surface area contributed by atoms with Crippen LogP contribution in [0.25, 0.3) is 5.70 Å². The molecule has 2 nitrogen and oxygen atoms in total. The quantitative estimate of drug-likeness (QED) is 0.724. The van der Waals surface area contributed by atoms with E-state index in [0.29, 0.717) is 0 Å². The van der Waals surface area contributed by atoms with Gasteiger partial charge in [-0.1, -0.05) is 44.2 Å². The van der Waals surface area contributed by atoms with Crippen molar-refractivity contribution >= 4 is 5.70 Å². The lowest BCUT2D eigenvalue weighted by atomic mass is 10.1. The summed E-state index contributed by atoms with van der Waals surface area (Å²) in [4.78, 5) is 4.61. The zero-order chi connectivity index (χ0) is 13.4. The molecule has 2 heteroatoms. The molecule has 0 aliphatic carbocycles. The minimum Gasteiger partial charge on any atom is -0.379 e. The van der Waals surface area contributed by atoms with E-state index in [-0.39, 0.29) is 0 Å². The van der Waals surface area contributed by atoms with Crippen LogP contribution in [0.15, 0.2) is 36.5 Å². The van der Waals surface area contributed by atoms with Gasteiger partial charge in [-0.25, -0.2) is 0 Å². The molecule has 100 valence electrons. The molecule has 0 bridgehead atoms. The first-order chi connectivity index (χ1) is 8.69. The minimum atomic E-state index is 1.08. The monoisotopic (exact) mass is 246 g/mol. The molecule has 0 aliphatic rings. The molecule has 0 spiro atoms. The summed E-state index contributed by atoms with van der Waals surface area (Å²) in [5.74, 6) is 0. The Bertz CT molecular complexity index is 357. The largest absolute Gasteiger partial charge is 0.379 e. The molecule has 0 saturated carbocycles. The van der Waals surface area contributed by atoms with Gasteiger partial charge in [0, 0.05) is 33.4 Å². The van der Waals surface area contributed by atoms with Crippen LogP contribution in [0.4, 0.5) is 0 Å². The third-order valence-electron chi connectivity index (χ3n) is 2.96. The molecule has 0 unspecified atom stereocenters. The van der Waals surface area contributed by atoms with Crippen LogP contribution in [0.2, 0.25) is 0 Å².